The zero-order valence-electron chi connectivity index (χ0n) is 21.4. The first kappa shape index (κ1) is 25.2. The zero-order chi connectivity index (χ0) is 25.5. The number of esters is 2. The van der Waals surface area contributed by atoms with E-state index in [1.54, 1.807) is 14.0 Å². The summed E-state index contributed by atoms with van der Waals surface area (Å²) in [5, 5.41) is 0. The van der Waals surface area contributed by atoms with Crippen LogP contribution in [0.2, 0.25) is 0 Å². The highest BCUT2D eigenvalue weighted by Gasteiger charge is 2.72. The number of aldehydes is 1. The predicted molar refractivity (Wildman–Crippen MR) is 131 cm³/mol. The number of benzene rings is 1. The number of hydrogen-bond donors (Lipinski definition) is 0. The molecule has 5 rings (SSSR count). The summed E-state index contributed by atoms with van der Waals surface area (Å²) in [4.78, 5) is 39.8. The molecule has 194 valence electrons. The lowest BCUT2D eigenvalue weighted by Crippen LogP contribution is -2.70. The van der Waals surface area contributed by atoms with Gasteiger partial charge in [-0.2, -0.15) is 0 Å². The van der Waals surface area contributed by atoms with Gasteiger partial charge in [-0.3, -0.25) is 4.79 Å². The third-order valence-corrected chi connectivity index (χ3v) is 9.29. The average molecular weight is 497 g/mol. The molecule has 7 heteroatoms. The fraction of sp³-hybridized carbons (Fsp3) is 0.621. The Hall–Kier alpha value is -2.51. The summed E-state index contributed by atoms with van der Waals surface area (Å²) in [5.74, 6) is -1.74. The molecule has 4 aliphatic rings. The molecular formula is C29H36O7. The molecule has 0 radical (unpaired) electrons. The van der Waals surface area contributed by atoms with Gasteiger partial charge in [0.25, 0.3) is 0 Å². The summed E-state index contributed by atoms with van der Waals surface area (Å²) in [6.07, 6.45) is 3.42. The number of carbonyl (C=O) groups is 3. The summed E-state index contributed by atoms with van der Waals surface area (Å²) in [7, 11) is 1.60. The summed E-state index contributed by atoms with van der Waals surface area (Å²) in [6, 6.07) is 9.97. The summed E-state index contributed by atoms with van der Waals surface area (Å²) < 4.78 is 24.1. The van der Waals surface area contributed by atoms with Crippen LogP contribution in [-0.4, -0.2) is 50.3 Å². The van der Waals surface area contributed by atoms with Gasteiger partial charge in [0, 0.05) is 29.9 Å². The van der Waals surface area contributed by atoms with Gasteiger partial charge in [-0.05, 0) is 56.6 Å². The monoisotopic (exact) mass is 496 g/mol. The van der Waals surface area contributed by atoms with Crippen LogP contribution >= 0.6 is 0 Å². The molecular weight excluding hydrogens is 460 g/mol. The molecule has 0 bridgehead atoms. The summed E-state index contributed by atoms with van der Waals surface area (Å²) >= 11 is 0. The second-order valence-electron chi connectivity index (χ2n) is 10.8. The quantitative estimate of drug-likeness (QED) is 0.413. The van der Waals surface area contributed by atoms with Crippen LogP contribution in [0.4, 0.5) is 0 Å². The Labute approximate surface area is 212 Å². The maximum Gasteiger partial charge on any atom is 0.334 e. The van der Waals surface area contributed by atoms with E-state index < -0.39 is 29.0 Å². The van der Waals surface area contributed by atoms with Gasteiger partial charge in [0.2, 0.25) is 0 Å². The van der Waals surface area contributed by atoms with Crippen LogP contribution in [0.5, 0.6) is 0 Å². The molecule has 0 aromatic heterocycles. The normalized spacial score (nSPS) is 37.4. The van der Waals surface area contributed by atoms with Crippen LogP contribution in [0.3, 0.4) is 0 Å². The molecule has 7 atom stereocenters. The van der Waals surface area contributed by atoms with Crippen LogP contribution in [0, 0.1) is 22.7 Å². The van der Waals surface area contributed by atoms with Crippen molar-refractivity contribution in [3.8, 4) is 0 Å². The predicted octanol–water partition coefficient (Wildman–Crippen LogP) is 4.18. The molecule has 7 nitrogen and oxygen atoms in total. The average Bonchev–Trinajstić information content (AvgIpc) is 3.40. The lowest BCUT2D eigenvalue weighted by molar-refractivity contribution is -0.240. The van der Waals surface area contributed by atoms with Gasteiger partial charge < -0.3 is 23.7 Å². The van der Waals surface area contributed by atoms with Crippen LogP contribution in [0.15, 0.2) is 41.5 Å². The Morgan fingerprint density at radius 1 is 1.22 bits per heavy atom. The van der Waals surface area contributed by atoms with Crippen LogP contribution < -0.4 is 0 Å². The number of ether oxygens (including phenoxy) is 4. The minimum absolute atomic E-state index is 0.118. The highest BCUT2D eigenvalue weighted by molar-refractivity contribution is 5.93. The second kappa shape index (κ2) is 9.75. The van der Waals surface area contributed by atoms with Crippen molar-refractivity contribution < 1.29 is 33.3 Å². The van der Waals surface area contributed by atoms with E-state index in [1.165, 1.54) is 0 Å². The van der Waals surface area contributed by atoms with Gasteiger partial charge in [-0.25, -0.2) is 4.79 Å². The third-order valence-electron chi connectivity index (χ3n) is 9.29. The number of hydrogen-bond acceptors (Lipinski definition) is 7. The van der Waals surface area contributed by atoms with E-state index in [0.717, 1.165) is 30.3 Å². The number of fused-ring (bicyclic) bond motifs is 3. The Morgan fingerprint density at radius 2 is 2.00 bits per heavy atom. The molecule has 2 fully saturated rings. The topological polar surface area (TPSA) is 88.1 Å². The SMILES string of the molecule is CCOC(=O)[C@]12CC[C@H](OCc3ccccc3)C[C@@H]1[C@@H](OC)[C@H]1OC(=O)C3=C(CCC3)[C@@]1(C)[C@@H]2C=O. The van der Waals surface area contributed by atoms with Gasteiger partial charge in [-0.15, -0.1) is 0 Å². The highest BCUT2D eigenvalue weighted by Crippen LogP contribution is 2.66. The van der Waals surface area contributed by atoms with Crippen molar-refractivity contribution in [3.63, 3.8) is 0 Å². The number of methoxy groups -OCH3 is 1. The minimum Gasteiger partial charge on any atom is -0.466 e. The van der Waals surface area contributed by atoms with Crippen molar-refractivity contribution in [2.24, 2.45) is 22.7 Å². The maximum atomic E-state index is 13.8. The molecule has 0 saturated heterocycles. The van der Waals surface area contributed by atoms with Crippen molar-refractivity contribution in [3.05, 3.63) is 47.0 Å². The van der Waals surface area contributed by atoms with Gasteiger partial charge in [-0.1, -0.05) is 37.3 Å². The molecule has 0 spiro atoms. The Kier molecular flexibility index (Phi) is 6.81. The first-order chi connectivity index (χ1) is 17.4. The molecule has 1 aromatic rings. The molecule has 36 heavy (non-hydrogen) atoms. The van der Waals surface area contributed by atoms with E-state index in [2.05, 4.69) is 0 Å². The van der Waals surface area contributed by atoms with Crippen LogP contribution in [-0.2, 0) is 39.9 Å². The highest BCUT2D eigenvalue weighted by atomic mass is 16.6. The summed E-state index contributed by atoms with van der Waals surface area (Å²) in [6.45, 7) is 4.47. The van der Waals surface area contributed by atoms with Crippen molar-refractivity contribution >= 4 is 18.2 Å². The fourth-order valence-corrected chi connectivity index (χ4v) is 7.71. The Bertz CT molecular complexity index is 1050. The first-order valence-corrected chi connectivity index (χ1v) is 13.2. The summed E-state index contributed by atoms with van der Waals surface area (Å²) in [5.41, 5.74) is 0.830. The lowest BCUT2D eigenvalue weighted by Gasteiger charge is -2.62. The van der Waals surface area contributed by atoms with E-state index in [-0.39, 0.29) is 30.6 Å². The van der Waals surface area contributed by atoms with Gasteiger partial charge in [0.05, 0.1) is 30.8 Å². The Morgan fingerprint density at radius 3 is 2.69 bits per heavy atom. The van der Waals surface area contributed by atoms with Gasteiger partial charge in [0.1, 0.15) is 12.4 Å². The number of rotatable bonds is 7. The smallest absolute Gasteiger partial charge is 0.334 e. The minimum atomic E-state index is -1.07. The van der Waals surface area contributed by atoms with E-state index in [1.807, 2.05) is 37.3 Å². The maximum absolute atomic E-state index is 13.8. The molecule has 1 heterocycles. The van der Waals surface area contributed by atoms with Crippen molar-refractivity contribution in [1.82, 2.24) is 0 Å². The van der Waals surface area contributed by atoms with Crippen molar-refractivity contribution in [1.29, 1.82) is 0 Å². The molecule has 0 N–H and O–H groups in total. The first-order valence-electron chi connectivity index (χ1n) is 13.2. The molecule has 3 aliphatic carbocycles. The van der Waals surface area contributed by atoms with E-state index >= 15 is 0 Å². The molecule has 0 amide bonds. The zero-order valence-corrected chi connectivity index (χ0v) is 21.4. The van der Waals surface area contributed by atoms with Gasteiger partial charge in [0.15, 0.2) is 0 Å². The van der Waals surface area contributed by atoms with Crippen LogP contribution in [0.1, 0.15) is 57.9 Å². The molecule has 1 aliphatic heterocycles. The second-order valence-corrected chi connectivity index (χ2v) is 10.8. The standard InChI is InChI=1S/C29H36O7/c1-4-34-27(32)29-14-13-19(35-17-18-9-6-5-7-10-18)15-22(29)24(33-3)25-28(2,23(29)16-30)21-12-8-11-20(21)26(31)36-25/h5-7,9-10,16,19,22-25H,4,8,11-15,17H2,1-3H3/t19-,22+,23-,24+,25+,28-,29+/m0/s1. The largest absolute Gasteiger partial charge is 0.466 e. The van der Waals surface area contributed by atoms with E-state index in [0.29, 0.717) is 37.9 Å². The van der Waals surface area contributed by atoms with E-state index in [4.69, 9.17) is 18.9 Å². The number of carbonyl (C=O) groups excluding carboxylic acids is 3. The Balaban J connectivity index is 1.56. The van der Waals surface area contributed by atoms with Crippen LogP contribution in [0.25, 0.3) is 0 Å². The molecule has 2 saturated carbocycles. The van der Waals surface area contributed by atoms with Gasteiger partial charge >= 0.3 is 11.9 Å². The van der Waals surface area contributed by atoms with Crippen molar-refractivity contribution in [2.45, 2.75) is 77.3 Å². The molecule has 1 aromatic carbocycles. The van der Waals surface area contributed by atoms with E-state index in [9.17, 15) is 14.4 Å². The third kappa shape index (κ3) is 3.66. The molecule has 0 unspecified atom stereocenters. The van der Waals surface area contributed by atoms with Crippen molar-refractivity contribution in [2.75, 3.05) is 13.7 Å². The lowest BCUT2D eigenvalue weighted by atomic mass is 9.43. The fourth-order valence-electron chi connectivity index (χ4n) is 7.71.